The van der Waals surface area contributed by atoms with Crippen LogP contribution in [0.1, 0.15) is 16.5 Å². The molecule has 19 heavy (non-hydrogen) atoms. The molecule has 0 saturated carbocycles. The number of thiophene rings is 1. The molecule has 1 amide bonds. The highest BCUT2D eigenvalue weighted by atomic mass is 79.9. The van der Waals surface area contributed by atoms with Gasteiger partial charge in [-0.05, 0) is 23.4 Å². The molecule has 0 bridgehead atoms. The predicted octanol–water partition coefficient (Wildman–Crippen LogP) is 2.70. The van der Waals surface area contributed by atoms with Crippen molar-refractivity contribution in [3.05, 3.63) is 21.9 Å². The number of ketones is 1. The highest BCUT2D eigenvalue weighted by molar-refractivity contribution is 9.09. The van der Waals surface area contributed by atoms with E-state index in [1.807, 2.05) is 0 Å². The summed E-state index contributed by atoms with van der Waals surface area (Å²) in [6.07, 6.45) is -4.61. The third-order valence-corrected chi connectivity index (χ3v) is 4.46. The van der Waals surface area contributed by atoms with Gasteiger partial charge < -0.3 is 4.90 Å². The number of hydrogen-bond donors (Lipinski definition) is 0. The smallest absolute Gasteiger partial charge is 0.320 e. The SMILES string of the molecule is O=C(CBr)C1c2ccsc2CCN1C(=O)C(F)(F)F. The lowest BCUT2D eigenvalue weighted by Gasteiger charge is -2.34. The Morgan fingerprint density at radius 3 is 2.74 bits per heavy atom. The van der Waals surface area contributed by atoms with Crippen LogP contribution in [0, 0.1) is 0 Å². The standard InChI is InChI=1S/C11H9BrF3NO2S/c12-5-7(17)9-6-2-4-19-8(6)1-3-16(9)10(18)11(13,14)15/h2,4,9H,1,3,5H2. The van der Waals surface area contributed by atoms with Gasteiger partial charge in [0.05, 0.1) is 5.33 Å². The number of fused-ring (bicyclic) bond motifs is 1. The zero-order valence-corrected chi connectivity index (χ0v) is 11.9. The Kier molecular flexibility index (Phi) is 4.00. The number of Topliss-reactive ketones (excluding diaryl/α,β-unsaturated/α-hetero) is 1. The minimum absolute atomic E-state index is 0.0880. The number of halogens is 4. The van der Waals surface area contributed by atoms with Gasteiger partial charge in [-0.15, -0.1) is 11.3 Å². The minimum atomic E-state index is -4.96. The van der Waals surface area contributed by atoms with E-state index in [1.165, 1.54) is 11.3 Å². The van der Waals surface area contributed by atoms with Crippen molar-refractivity contribution >= 4 is 39.0 Å². The first-order valence-corrected chi connectivity index (χ1v) is 7.39. The summed E-state index contributed by atoms with van der Waals surface area (Å²) in [5.41, 5.74) is 0.512. The van der Waals surface area contributed by atoms with Crippen molar-refractivity contribution in [2.75, 3.05) is 11.9 Å². The topological polar surface area (TPSA) is 37.4 Å². The molecule has 1 aromatic rings. The Balaban J connectivity index is 2.40. The average Bonchev–Trinajstić information content (AvgIpc) is 2.82. The molecule has 0 spiro atoms. The monoisotopic (exact) mass is 355 g/mol. The Morgan fingerprint density at radius 1 is 1.47 bits per heavy atom. The van der Waals surface area contributed by atoms with Gasteiger partial charge in [-0.25, -0.2) is 0 Å². The fraction of sp³-hybridized carbons (Fsp3) is 0.455. The molecular formula is C11H9BrF3NO2S. The van der Waals surface area contributed by atoms with Gasteiger partial charge in [0, 0.05) is 11.4 Å². The largest absolute Gasteiger partial charge is 0.471 e. The third-order valence-electron chi connectivity index (χ3n) is 2.91. The summed E-state index contributed by atoms with van der Waals surface area (Å²) in [5.74, 6) is -2.40. The molecule has 1 aliphatic heterocycles. The van der Waals surface area contributed by atoms with Crippen molar-refractivity contribution < 1.29 is 22.8 Å². The quantitative estimate of drug-likeness (QED) is 0.765. The molecule has 0 radical (unpaired) electrons. The Hall–Kier alpha value is -0.890. The summed E-state index contributed by atoms with van der Waals surface area (Å²) in [5, 5.41) is 1.63. The Bertz CT molecular complexity index is 514. The molecule has 2 heterocycles. The molecule has 1 aromatic heterocycles. The first kappa shape index (κ1) is 14.5. The molecular weight excluding hydrogens is 347 g/mol. The number of carbonyl (C=O) groups is 2. The molecule has 8 heteroatoms. The number of hydrogen-bond acceptors (Lipinski definition) is 3. The summed E-state index contributed by atoms with van der Waals surface area (Å²) in [4.78, 5) is 24.8. The first-order chi connectivity index (χ1) is 8.86. The number of alkyl halides is 4. The molecule has 2 rings (SSSR count). The van der Waals surface area contributed by atoms with Crippen molar-refractivity contribution in [2.45, 2.75) is 18.6 Å². The van der Waals surface area contributed by atoms with Gasteiger partial charge in [-0.3, -0.25) is 9.59 Å². The molecule has 0 fully saturated rings. The second-order valence-electron chi connectivity index (χ2n) is 4.05. The lowest BCUT2D eigenvalue weighted by molar-refractivity contribution is -0.188. The van der Waals surface area contributed by atoms with Crippen molar-refractivity contribution in [1.82, 2.24) is 4.90 Å². The molecule has 1 atom stereocenters. The summed E-state index contributed by atoms with van der Waals surface area (Å²) < 4.78 is 37.7. The Labute approximate surface area is 119 Å². The van der Waals surface area contributed by atoms with Crippen LogP contribution in [-0.2, 0) is 16.0 Å². The van der Waals surface area contributed by atoms with E-state index in [-0.39, 0.29) is 11.9 Å². The van der Waals surface area contributed by atoms with Gasteiger partial charge in [0.15, 0.2) is 5.78 Å². The van der Waals surface area contributed by atoms with E-state index in [4.69, 9.17) is 0 Å². The first-order valence-electron chi connectivity index (χ1n) is 5.39. The second-order valence-corrected chi connectivity index (χ2v) is 5.61. The van der Waals surface area contributed by atoms with Gasteiger partial charge in [-0.1, -0.05) is 15.9 Å². The van der Waals surface area contributed by atoms with E-state index in [2.05, 4.69) is 15.9 Å². The number of amides is 1. The van der Waals surface area contributed by atoms with Crippen molar-refractivity contribution in [1.29, 1.82) is 0 Å². The lowest BCUT2D eigenvalue weighted by Crippen LogP contribution is -2.48. The zero-order chi connectivity index (χ0) is 14.2. The van der Waals surface area contributed by atoms with Crippen LogP contribution < -0.4 is 0 Å². The molecule has 0 aliphatic carbocycles. The van der Waals surface area contributed by atoms with E-state index in [0.29, 0.717) is 16.9 Å². The summed E-state index contributed by atoms with van der Waals surface area (Å²) >= 11 is 4.34. The van der Waals surface area contributed by atoms with Crippen molar-refractivity contribution in [3.63, 3.8) is 0 Å². The average molecular weight is 356 g/mol. The van der Waals surface area contributed by atoms with Gasteiger partial charge in [0.25, 0.3) is 0 Å². The normalized spacial score (nSPS) is 19.2. The molecule has 0 saturated heterocycles. The van der Waals surface area contributed by atoms with Crippen LogP contribution in [0.2, 0.25) is 0 Å². The highest BCUT2D eigenvalue weighted by Gasteiger charge is 2.47. The highest BCUT2D eigenvalue weighted by Crippen LogP contribution is 2.36. The van der Waals surface area contributed by atoms with Gasteiger partial charge in [-0.2, -0.15) is 13.2 Å². The third kappa shape index (κ3) is 2.69. The summed E-state index contributed by atoms with van der Waals surface area (Å²) in [7, 11) is 0. The van der Waals surface area contributed by atoms with Crippen molar-refractivity contribution in [3.8, 4) is 0 Å². The van der Waals surface area contributed by atoms with Crippen LogP contribution in [0.4, 0.5) is 13.2 Å². The molecule has 0 N–H and O–H groups in total. The van der Waals surface area contributed by atoms with Crippen LogP contribution in [0.3, 0.4) is 0 Å². The molecule has 104 valence electrons. The van der Waals surface area contributed by atoms with E-state index in [1.54, 1.807) is 11.4 Å². The fourth-order valence-electron chi connectivity index (χ4n) is 2.12. The minimum Gasteiger partial charge on any atom is -0.320 e. The number of carbonyl (C=O) groups excluding carboxylic acids is 2. The lowest BCUT2D eigenvalue weighted by atomic mass is 9.97. The number of rotatable bonds is 2. The Morgan fingerprint density at radius 2 is 2.16 bits per heavy atom. The fourth-order valence-corrected chi connectivity index (χ4v) is 3.33. The maximum atomic E-state index is 12.6. The van der Waals surface area contributed by atoms with Crippen LogP contribution in [0.5, 0.6) is 0 Å². The van der Waals surface area contributed by atoms with Gasteiger partial charge >= 0.3 is 12.1 Å². The van der Waals surface area contributed by atoms with E-state index in [0.717, 1.165) is 4.88 Å². The summed E-state index contributed by atoms with van der Waals surface area (Å²) in [6, 6.07) is 0.476. The molecule has 3 nitrogen and oxygen atoms in total. The van der Waals surface area contributed by atoms with Gasteiger partial charge in [0.2, 0.25) is 0 Å². The van der Waals surface area contributed by atoms with Crippen LogP contribution in [-0.4, -0.2) is 34.6 Å². The van der Waals surface area contributed by atoms with Crippen LogP contribution in [0.25, 0.3) is 0 Å². The van der Waals surface area contributed by atoms with E-state index in [9.17, 15) is 22.8 Å². The van der Waals surface area contributed by atoms with Crippen molar-refractivity contribution in [2.24, 2.45) is 0 Å². The van der Waals surface area contributed by atoms with Crippen LogP contribution >= 0.6 is 27.3 Å². The molecule has 0 aromatic carbocycles. The number of nitrogens with zero attached hydrogens (tertiary/aromatic N) is 1. The predicted molar refractivity (Wildman–Crippen MR) is 67.3 cm³/mol. The zero-order valence-electron chi connectivity index (χ0n) is 9.54. The van der Waals surface area contributed by atoms with E-state index < -0.39 is 23.9 Å². The molecule has 1 aliphatic rings. The van der Waals surface area contributed by atoms with Crippen LogP contribution in [0.15, 0.2) is 11.4 Å². The van der Waals surface area contributed by atoms with Gasteiger partial charge in [0.1, 0.15) is 6.04 Å². The van der Waals surface area contributed by atoms with E-state index >= 15 is 0 Å². The summed E-state index contributed by atoms with van der Waals surface area (Å²) in [6.45, 7) is -0.0880. The molecule has 1 unspecified atom stereocenters. The maximum absolute atomic E-state index is 12.6. The maximum Gasteiger partial charge on any atom is 0.471 e. The second kappa shape index (κ2) is 5.24.